The summed E-state index contributed by atoms with van der Waals surface area (Å²) in [5.74, 6) is 1.50. The number of amides is 1. The van der Waals surface area contributed by atoms with Gasteiger partial charge in [0.05, 0.1) is 12.3 Å². The quantitative estimate of drug-likeness (QED) is 0.753. The fourth-order valence-corrected chi connectivity index (χ4v) is 1.60. The minimum Gasteiger partial charge on any atom is -0.491 e. The number of rotatable bonds is 7. The van der Waals surface area contributed by atoms with E-state index in [0.717, 1.165) is 6.42 Å². The third-order valence-electron chi connectivity index (χ3n) is 2.90. The number of nitrogens with two attached hydrogens (primary N) is 1. The Balaban J connectivity index is 2.67. The fourth-order valence-electron chi connectivity index (χ4n) is 1.60. The van der Waals surface area contributed by atoms with E-state index in [1.54, 1.807) is 18.2 Å². The molecule has 0 radical (unpaired) electrons. The molecule has 0 spiro atoms. The topological polar surface area (TPSA) is 64.3 Å². The number of benzene rings is 1. The second-order valence-electron chi connectivity index (χ2n) is 5.89. The lowest BCUT2D eigenvalue weighted by Crippen LogP contribution is -2.27. The molecule has 0 unspecified atom stereocenters. The molecule has 0 aromatic heterocycles. The van der Waals surface area contributed by atoms with E-state index >= 15 is 0 Å². The number of hydrogen-bond acceptors (Lipinski definition) is 3. The van der Waals surface area contributed by atoms with Gasteiger partial charge in [0, 0.05) is 12.1 Å². The number of nitrogens with one attached hydrogen (secondary N) is 1. The molecule has 3 N–H and O–H groups in total. The predicted octanol–water partition coefficient (Wildman–Crippen LogP) is 3.08. The average Bonchev–Trinajstić information content (AvgIpc) is 2.37. The van der Waals surface area contributed by atoms with Crippen LogP contribution in [0.25, 0.3) is 0 Å². The molecule has 0 fully saturated rings. The van der Waals surface area contributed by atoms with Gasteiger partial charge in [0.15, 0.2) is 0 Å². The lowest BCUT2D eigenvalue weighted by molar-refractivity contribution is 0.0948. The van der Waals surface area contributed by atoms with Gasteiger partial charge in [-0.25, -0.2) is 0 Å². The Kier molecular flexibility index (Phi) is 6.36. The van der Waals surface area contributed by atoms with Gasteiger partial charge in [-0.3, -0.25) is 4.79 Å². The van der Waals surface area contributed by atoms with Crippen molar-refractivity contribution in [3.63, 3.8) is 0 Å². The highest BCUT2D eigenvalue weighted by Crippen LogP contribution is 2.23. The number of ether oxygens (including phenoxy) is 1. The largest absolute Gasteiger partial charge is 0.491 e. The van der Waals surface area contributed by atoms with E-state index in [-0.39, 0.29) is 5.91 Å². The Hall–Kier alpha value is -1.71. The van der Waals surface area contributed by atoms with E-state index < -0.39 is 0 Å². The molecule has 4 heteroatoms. The Labute approximate surface area is 121 Å². The number of nitrogen functional groups attached to an aromatic ring is 1. The van der Waals surface area contributed by atoms with Gasteiger partial charge in [-0.05, 0) is 36.5 Å². The number of carbonyl (C=O) groups excluding carboxylic acids is 1. The Bertz CT molecular complexity index is 442. The van der Waals surface area contributed by atoms with Crippen molar-refractivity contribution in [1.82, 2.24) is 5.32 Å². The van der Waals surface area contributed by atoms with Gasteiger partial charge in [-0.2, -0.15) is 0 Å². The zero-order valence-electron chi connectivity index (χ0n) is 12.9. The first-order valence-electron chi connectivity index (χ1n) is 7.20. The highest BCUT2D eigenvalue weighted by atomic mass is 16.5. The van der Waals surface area contributed by atoms with Crippen LogP contribution in [0, 0.1) is 11.8 Å². The van der Waals surface area contributed by atoms with Gasteiger partial charge in [-0.15, -0.1) is 0 Å². The van der Waals surface area contributed by atoms with Gasteiger partial charge < -0.3 is 15.8 Å². The Morgan fingerprint density at radius 2 is 1.95 bits per heavy atom. The molecular weight excluding hydrogens is 252 g/mol. The summed E-state index contributed by atoms with van der Waals surface area (Å²) < 4.78 is 5.66. The summed E-state index contributed by atoms with van der Waals surface area (Å²) in [4.78, 5) is 12.0. The Morgan fingerprint density at radius 1 is 1.25 bits per heavy atom. The predicted molar refractivity (Wildman–Crippen MR) is 83.0 cm³/mol. The molecule has 0 aliphatic rings. The van der Waals surface area contributed by atoms with E-state index in [2.05, 4.69) is 33.0 Å². The summed E-state index contributed by atoms with van der Waals surface area (Å²) in [5, 5.41) is 2.88. The SMILES string of the molecule is CC(C)CCOc1cc(C(=O)NCC(C)C)ccc1N. The summed E-state index contributed by atoms with van der Waals surface area (Å²) in [5.41, 5.74) is 7.02. The van der Waals surface area contributed by atoms with Crippen LogP contribution in [-0.2, 0) is 0 Å². The molecular formula is C16H26N2O2. The maximum Gasteiger partial charge on any atom is 0.251 e. The summed E-state index contributed by atoms with van der Waals surface area (Å²) >= 11 is 0. The summed E-state index contributed by atoms with van der Waals surface area (Å²) in [6.45, 7) is 9.67. The van der Waals surface area contributed by atoms with Crippen molar-refractivity contribution in [3.05, 3.63) is 23.8 Å². The number of carbonyl (C=O) groups is 1. The first-order chi connectivity index (χ1) is 9.40. The van der Waals surface area contributed by atoms with Gasteiger partial charge in [-0.1, -0.05) is 27.7 Å². The van der Waals surface area contributed by atoms with Crippen molar-refractivity contribution in [2.75, 3.05) is 18.9 Å². The van der Waals surface area contributed by atoms with E-state index in [1.165, 1.54) is 0 Å². The van der Waals surface area contributed by atoms with Crippen molar-refractivity contribution < 1.29 is 9.53 Å². The molecule has 1 aromatic carbocycles. The van der Waals surface area contributed by atoms with Gasteiger partial charge >= 0.3 is 0 Å². The fraction of sp³-hybridized carbons (Fsp3) is 0.562. The molecule has 4 nitrogen and oxygen atoms in total. The third kappa shape index (κ3) is 5.51. The highest BCUT2D eigenvalue weighted by Gasteiger charge is 2.10. The second-order valence-corrected chi connectivity index (χ2v) is 5.89. The molecule has 1 amide bonds. The normalized spacial score (nSPS) is 10.9. The van der Waals surface area contributed by atoms with Crippen molar-refractivity contribution in [2.45, 2.75) is 34.1 Å². The van der Waals surface area contributed by atoms with Crippen LogP contribution < -0.4 is 15.8 Å². The zero-order chi connectivity index (χ0) is 15.1. The molecule has 1 aromatic rings. The van der Waals surface area contributed by atoms with Crippen molar-refractivity contribution in [2.24, 2.45) is 11.8 Å². The van der Waals surface area contributed by atoms with E-state index in [9.17, 15) is 4.79 Å². The second kappa shape index (κ2) is 7.78. The maximum absolute atomic E-state index is 12.0. The van der Waals surface area contributed by atoms with Crippen LogP contribution >= 0.6 is 0 Å². The molecule has 112 valence electrons. The van der Waals surface area contributed by atoms with E-state index in [0.29, 0.717) is 42.0 Å². The summed E-state index contributed by atoms with van der Waals surface area (Å²) in [7, 11) is 0. The third-order valence-corrected chi connectivity index (χ3v) is 2.90. The van der Waals surface area contributed by atoms with Crippen LogP contribution in [0.5, 0.6) is 5.75 Å². The molecule has 1 rings (SSSR count). The average molecular weight is 278 g/mol. The van der Waals surface area contributed by atoms with Crippen LogP contribution in [0.1, 0.15) is 44.5 Å². The maximum atomic E-state index is 12.0. The van der Waals surface area contributed by atoms with Crippen LogP contribution in [0.3, 0.4) is 0 Å². The minimum absolute atomic E-state index is 0.0904. The monoisotopic (exact) mass is 278 g/mol. The number of hydrogen-bond donors (Lipinski definition) is 2. The molecule has 0 heterocycles. The van der Waals surface area contributed by atoms with Crippen molar-refractivity contribution >= 4 is 11.6 Å². The Morgan fingerprint density at radius 3 is 2.55 bits per heavy atom. The lowest BCUT2D eigenvalue weighted by Gasteiger charge is -2.12. The lowest BCUT2D eigenvalue weighted by atomic mass is 10.1. The molecule has 0 aliphatic heterocycles. The smallest absolute Gasteiger partial charge is 0.251 e. The molecule has 0 atom stereocenters. The van der Waals surface area contributed by atoms with Crippen LogP contribution in [0.15, 0.2) is 18.2 Å². The van der Waals surface area contributed by atoms with Gasteiger partial charge in [0.25, 0.3) is 5.91 Å². The first-order valence-corrected chi connectivity index (χ1v) is 7.20. The molecule has 0 bridgehead atoms. The highest BCUT2D eigenvalue weighted by molar-refractivity contribution is 5.95. The minimum atomic E-state index is -0.0904. The van der Waals surface area contributed by atoms with Crippen molar-refractivity contribution in [1.29, 1.82) is 0 Å². The molecule has 0 aliphatic carbocycles. The van der Waals surface area contributed by atoms with E-state index in [1.807, 2.05) is 0 Å². The standard InChI is InChI=1S/C16H26N2O2/c1-11(2)7-8-20-15-9-13(5-6-14(15)17)16(19)18-10-12(3)4/h5-6,9,11-12H,7-8,10,17H2,1-4H3,(H,18,19). The molecule has 20 heavy (non-hydrogen) atoms. The van der Waals surface area contributed by atoms with Crippen molar-refractivity contribution in [3.8, 4) is 5.75 Å². The molecule has 0 saturated carbocycles. The van der Waals surface area contributed by atoms with Crippen LogP contribution in [-0.4, -0.2) is 19.1 Å². The van der Waals surface area contributed by atoms with Crippen LogP contribution in [0.4, 0.5) is 5.69 Å². The van der Waals surface area contributed by atoms with Gasteiger partial charge in [0.1, 0.15) is 5.75 Å². The summed E-state index contributed by atoms with van der Waals surface area (Å²) in [6, 6.07) is 5.15. The van der Waals surface area contributed by atoms with Gasteiger partial charge in [0.2, 0.25) is 0 Å². The summed E-state index contributed by atoms with van der Waals surface area (Å²) in [6.07, 6.45) is 0.962. The van der Waals surface area contributed by atoms with Crippen LogP contribution in [0.2, 0.25) is 0 Å². The molecule has 0 saturated heterocycles. The van der Waals surface area contributed by atoms with E-state index in [4.69, 9.17) is 10.5 Å². The number of anilines is 1. The zero-order valence-corrected chi connectivity index (χ0v) is 12.9. The first kappa shape index (κ1) is 16.3.